The van der Waals surface area contributed by atoms with Crippen LogP contribution in [0.4, 0.5) is 4.39 Å². The van der Waals surface area contributed by atoms with Gasteiger partial charge in [-0.2, -0.15) is 0 Å². The van der Waals surface area contributed by atoms with Crippen molar-refractivity contribution in [2.75, 3.05) is 12.8 Å². The summed E-state index contributed by atoms with van der Waals surface area (Å²) >= 11 is 1.63. The molecule has 0 spiro atoms. The molecule has 16 heavy (non-hydrogen) atoms. The van der Waals surface area contributed by atoms with Gasteiger partial charge < -0.3 is 5.32 Å². The van der Waals surface area contributed by atoms with Crippen LogP contribution in [0.25, 0.3) is 0 Å². The topological polar surface area (TPSA) is 12.0 Å². The molecule has 0 aromatic heterocycles. The molecule has 1 saturated heterocycles. The van der Waals surface area contributed by atoms with Gasteiger partial charge in [-0.15, -0.1) is 11.8 Å². The number of hydrogen-bond donors (Lipinski definition) is 1. The maximum atomic E-state index is 13.8. The summed E-state index contributed by atoms with van der Waals surface area (Å²) in [6.45, 7) is 1.08. The summed E-state index contributed by atoms with van der Waals surface area (Å²) in [6.07, 6.45) is 6.52. The van der Waals surface area contributed by atoms with E-state index >= 15 is 0 Å². The lowest BCUT2D eigenvalue weighted by molar-refractivity contribution is 0.393. The quantitative estimate of drug-likeness (QED) is 0.813. The van der Waals surface area contributed by atoms with E-state index in [1.807, 2.05) is 12.3 Å². The van der Waals surface area contributed by atoms with E-state index in [4.69, 9.17) is 0 Å². The molecule has 1 atom stereocenters. The maximum absolute atomic E-state index is 13.8. The molecule has 1 aliphatic heterocycles. The minimum absolute atomic E-state index is 0.0563. The molecule has 1 N–H and O–H groups in total. The number of benzene rings is 1. The number of piperidine rings is 1. The van der Waals surface area contributed by atoms with Gasteiger partial charge in [-0.25, -0.2) is 4.39 Å². The highest BCUT2D eigenvalue weighted by atomic mass is 32.2. The van der Waals surface area contributed by atoms with Gasteiger partial charge in [0.05, 0.1) is 0 Å². The third-order valence-electron chi connectivity index (χ3n) is 3.16. The molecule has 0 aliphatic carbocycles. The Bertz CT molecular complexity index is 348. The highest BCUT2D eigenvalue weighted by molar-refractivity contribution is 7.98. The van der Waals surface area contributed by atoms with Crippen molar-refractivity contribution in [2.45, 2.75) is 36.6 Å². The van der Waals surface area contributed by atoms with Crippen LogP contribution in [0.5, 0.6) is 0 Å². The summed E-state index contributed by atoms with van der Waals surface area (Å²) in [5.41, 5.74) is 0.884. The molecule has 1 unspecified atom stereocenters. The minimum atomic E-state index is -0.0563. The monoisotopic (exact) mass is 239 g/mol. The lowest BCUT2D eigenvalue weighted by Crippen LogP contribution is -2.35. The lowest BCUT2D eigenvalue weighted by Gasteiger charge is -2.24. The fourth-order valence-electron chi connectivity index (χ4n) is 2.27. The fraction of sp³-hybridized carbons (Fsp3) is 0.538. The third-order valence-corrected chi connectivity index (χ3v) is 3.98. The van der Waals surface area contributed by atoms with Crippen molar-refractivity contribution in [3.8, 4) is 0 Å². The minimum Gasteiger partial charge on any atom is -0.314 e. The van der Waals surface area contributed by atoms with Crippen LogP contribution in [0.15, 0.2) is 23.1 Å². The molecule has 1 fully saturated rings. The van der Waals surface area contributed by atoms with Crippen LogP contribution in [-0.2, 0) is 6.42 Å². The zero-order valence-corrected chi connectivity index (χ0v) is 10.4. The van der Waals surface area contributed by atoms with Crippen LogP contribution in [0.3, 0.4) is 0 Å². The van der Waals surface area contributed by atoms with Crippen LogP contribution in [0.1, 0.15) is 24.8 Å². The molecule has 88 valence electrons. The number of thioether (sulfide) groups is 1. The Hall–Kier alpha value is -0.540. The van der Waals surface area contributed by atoms with Crippen molar-refractivity contribution < 1.29 is 4.39 Å². The van der Waals surface area contributed by atoms with E-state index in [0.717, 1.165) is 23.4 Å². The smallest absolute Gasteiger partial charge is 0.127 e. The molecule has 0 amide bonds. The Morgan fingerprint density at radius 2 is 2.31 bits per heavy atom. The summed E-state index contributed by atoms with van der Waals surface area (Å²) in [6, 6.07) is 5.82. The first-order valence-electron chi connectivity index (χ1n) is 5.86. The number of hydrogen-bond acceptors (Lipinski definition) is 2. The van der Waals surface area contributed by atoms with Gasteiger partial charge in [0, 0.05) is 16.5 Å². The average Bonchev–Trinajstić information content (AvgIpc) is 2.33. The van der Waals surface area contributed by atoms with Gasteiger partial charge in [0.2, 0.25) is 0 Å². The van der Waals surface area contributed by atoms with Gasteiger partial charge >= 0.3 is 0 Å². The molecule has 1 heterocycles. The zero-order chi connectivity index (χ0) is 11.4. The molecular formula is C13H18FNS. The molecule has 0 bridgehead atoms. The van der Waals surface area contributed by atoms with Gasteiger partial charge in [0.15, 0.2) is 0 Å². The normalized spacial score (nSPS) is 21.0. The van der Waals surface area contributed by atoms with E-state index in [2.05, 4.69) is 5.32 Å². The second kappa shape index (κ2) is 5.69. The second-order valence-corrected chi connectivity index (χ2v) is 5.12. The molecule has 3 heteroatoms. The zero-order valence-electron chi connectivity index (χ0n) is 9.63. The van der Waals surface area contributed by atoms with Crippen LogP contribution >= 0.6 is 11.8 Å². The Kier molecular flexibility index (Phi) is 4.24. The first kappa shape index (κ1) is 11.9. The number of rotatable bonds is 3. The van der Waals surface area contributed by atoms with Crippen LogP contribution in [0.2, 0.25) is 0 Å². The van der Waals surface area contributed by atoms with Gasteiger partial charge in [0.1, 0.15) is 5.82 Å². The van der Waals surface area contributed by atoms with Crippen LogP contribution in [-0.4, -0.2) is 18.8 Å². The standard InChI is InChI=1S/C13H18FNS/c1-16-13-7-4-6-12(14)11(13)9-10-5-2-3-8-15-10/h4,6-7,10,15H,2-3,5,8-9H2,1H3. The van der Waals surface area contributed by atoms with Gasteiger partial charge in [0.25, 0.3) is 0 Å². The molecule has 1 nitrogen and oxygen atoms in total. The van der Waals surface area contributed by atoms with Gasteiger partial charge in [-0.1, -0.05) is 12.5 Å². The Morgan fingerprint density at radius 1 is 1.44 bits per heavy atom. The summed E-state index contributed by atoms with van der Waals surface area (Å²) in [4.78, 5) is 1.08. The number of nitrogens with one attached hydrogen (secondary N) is 1. The third kappa shape index (κ3) is 2.77. The van der Waals surface area contributed by atoms with E-state index in [9.17, 15) is 4.39 Å². The predicted octanol–water partition coefficient (Wildman–Crippen LogP) is 3.23. The van der Waals surface area contributed by atoms with Crippen LogP contribution in [0, 0.1) is 5.82 Å². The molecule has 1 aromatic rings. The van der Waals surface area contributed by atoms with E-state index < -0.39 is 0 Å². The Morgan fingerprint density at radius 3 is 3.00 bits per heavy atom. The van der Waals surface area contributed by atoms with Crippen molar-refractivity contribution in [2.24, 2.45) is 0 Å². The highest BCUT2D eigenvalue weighted by Crippen LogP contribution is 2.25. The van der Waals surface area contributed by atoms with E-state index in [1.54, 1.807) is 23.9 Å². The van der Waals surface area contributed by atoms with Crippen molar-refractivity contribution in [1.29, 1.82) is 0 Å². The van der Waals surface area contributed by atoms with Crippen molar-refractivity contribution in [1.82, 2.24) is 5.32 Å². The summed E-state index contributed by atoms with van der Waals surface area (Å²) in [5, 5.41) is 3.47. The number of halogens is 1. The summed E-state index contributed by atoms with van der Waals surface area (Å²) in [5.74, 6) is -0.0563. The molecule has 2 rings (SSSR count). The SMILES string of the molecule is CSc1cccc(F)c1CC1CCCCN1. The van der Waals surface area contributed by atoms with Gasteiger partial charge in [-0.05, 0) is 44.2 Å². The van der Waals surface area contributed by atoms with Crippen molar-refractivity contribution >= 4 is 11.8 Å². The molecule has 1 aromatic carbocycles. The second-order valence-electron chi connectivity index (χ2n) is 4.27. The predicted molar refractivity (Wildman–Crippen MR) is 67.5 cm³/mol. The largest absolute Gasteiger partial charge is 0.314 e. The molecule has 0 radical (unpaired) electrons. The fourth-order valence-corrected chi connectivity index (χ4v) is 2.91. The van der Waals surface area contributed by atoms with E-state index in [1.165, 1.54) is 19.3 Å². The first-order chi connectivity index (χ1) is 7.81. The average molecular weight is 239 g/mol. The Balaban J connectivity index is 2.12. The van der Waals surface area contributed by atoms with Crippen molar-refractivity contribution in [3.05, 3.63) is 29.6 Å². The maximum Gasteiger partial charge on any atom is 0.127 e. The first-order valence-corrected chi connectivity index (χ1v) is 7.08. The lowest BCUT2D eigenvalue weighted by atomic mass is 9.97. The van der Waals surface area contributed by atoms with Crippen molar-refractivity contribution in [3.63, 3.8) is 0 Å². The van der Waals surface area contributed by atoms with Crippen LogP contribution < -0.4 is 5.32 Å². The molecule has 0 saturated carbocycles. The molecular weight excluding hydrogens is 221 g/mol. The Labute approximate surface area is 101 Å². The summed E-state index contributed by atoms with van der Waals surface area (Å²) in [7, 11) is 0. The highest BCUT2D eigenvalue weighted by Gasteiger charge is 2.17. The van der Waals surface area contributed by atoms with Gasteiger partial charge in [-0.3, -0.25) is 0 Å². The summed E-state index contributed by atoms with van der Waals surface area (Å²) < 4.78 is 13.8. The molecule has 1 aliphatic rings. The van der Waals surface area contributed by atoms with E-state index in [0.29, 0.717) is 6.04 Å². The van der Waals surface area contributed by atoms with E-state index in [-0.39, 0.29) is 5.82 Å².